The van der Waals surface area contributed by atoms with Crippen molar-refractivity contribution in [1.82, 2.24) is 4.98 Å². The van der Waals surface area contributed by atoms with Crippen LogP contribution in [-0.2, 0) is 16.6 Å². The van der Waals surface area contributed by atoms with Gasteiger partial charge in [-0.1, -0.05) is 47.0 Å². The van der Waals surface area contributed by atoms with Crippen LogP contribution in [0.25, 0.3) is 0 Å². The van der Waals surface area contributed by atoms with Crippen LogP contribution in [0.5, 0.6) is 0 Å². The molecule has 0 saturated carbocycles. The summed E-state index contributed by atoms with van der Waals surface area (Å²) in [7, 11) is 0. The third kappa shape index (κ3) is 3.82. The van der Waals surface area contributed by atoms with E-state index in [2.05, 4.69) is 18.1 Å². The monoisotopic (exact) mass is 275 g/mol. The molecule has 0 unspecified atom stereocenters. The molecule has 0 spiro atoms. The van der Waals surface area contributed by atoms with Crippen molar-refractivity contribution in [2.75, 3.05) is 0 Å². The number of halogens is 3. The molecule has 0 aromatic carbocycles. The van der Waals surface area contributed by atoms with Crippen LogP contribution in [0.4, 0.5) is 0 Å². The first kappa shape index (κ1) is 13.6. The smallest absolute Gasteiger partial charge is 0.216 e. The molecule has 86 valence electrons. The van der Waals surface area contributed by atoms with Crippen molar-refractivity contribution in [3.8, 4) is 0 Å². The molecular formula is C12H12Cl3N. The first-order chi connectivity index (χ1) is 7.47. The molecular weight excluding hydrogens is 264 g/mol. The summed E-state index contributed by atoms with van der Waals surface area (Å²) in [5.74, 6) is 0. The van der Waals surface area contributed by atoms with Crippen LogP contribution in [-0.4, -0.2) is 4.98 Å². The molecule has 0 saturated heterocycles. The second-order valence-electron chi connectivity index (χ2n) is 3.32. The van der Waals surface area contributed by atoms with Crippen LogP contribution < -0.4 is 0 Å². The number of hydrogen-bond acceptors (Lipinski definition) is 1. The Morgan fingerprint density at radius 3 is 1.81 bits per heavy atom. The molecule has 0 fully saturated rings. The number of alkyl halides is 3. The quantitative estimate of drug-likeness (QED) is 0.588. The van der Waals surface area contributed by atoms with Crippen molar-refractivity contribution in [3.63, 3.8) is 0 Å². The van der Waals surface area contributed by atoms with Crippen LogP contribution in [0.3, 0.4) is 0 Å². The van der Waals surface area contributed by atoms with E-state index >= 15 is 0 Å². The zero-order valence-corrected chi connectivity index (χ0v) is 11.0. The Kier molecular flexibility index (Phi) is 4.85. The molecule has 1 aromatic heterocycles. The molecule has 0 N–H and O–H groups in total. The fourth-order valence-electron chi connectivity index (χ4n) is 1.32. The third-order valence-corrected chi connectivity index (χ3v) is 2.62. The molecule has 4 heteroatoms. The molecule has 1 nitrogen and oxygen atoms in total. The van der Waals surface area contributed by atoms with Gasteiger partial charge in [-0.2, -0.15) is 0 Å². The van der Waals surface area contributed by atoms with Gasteiger partial charge in [0.25, 0.3) is 0 Å². The predicted molar refractivity (Wildman–Crippen MR) is 71.3 cm³/mol. The standard InChI is InChI=1S/C12H12Cl3N/c1-3-5-10-7-9(12(13,14)15)8-11(16-10)6-4-2/h3-4,7-8H,1-2,5-6H2. The molecule has 1 rings (SSSR count). The molecule has 1 aromatic rings. The van der Waals surface area contributed by atoms with E-state index < -0.39 is 3.79 Å². The van der Waals surface area contributed by atoms with Gasteiger partial charge in [-0.15, -0.1) is 13.2 Å². The van der Waals surface area contributed by atoms with Gasteiger partial charge in [-0.3, -0.25) is 4.98 Å². The first-order valence-electron chi connectivity index (χ1n) is 4.76. The van der Waals surface area contributed by atoms with Crippen molar-refractivity contribution >= 4 is 34.8 Å². The highest BCUT2D eigenvalue weighted by molar-refractivity contribution is 6.66. The first-order valence-corrected chi connectivity index (χ1v) is 5.89. The van der Waals surface area contributed by atoms with Crippen LogP contribution in [0, 0.1) is 0 Å². The molecule has 0 aliphatic heterocycles. The lowest BCUT2D eigenvalue weighted by Gasteiger charge is -2.13. The SMILES string of the molecule is C=CCc1cc(C(Cl)(Cl)Cl)cc(CC=C)n1. The van der Waals surface area contributed by atoms with Gasteiger partial charge in [-0.25, -0.2) is 0 Å². The van der Waals surface area contributed by atoms with Crippen molar-refractivity contribution in [2.24, 2.45) is 0 Å². The van der Waals surface area contributed by atoms with Gasteiger partial charge < -0.3 is 0 Å². The molecule has 0 aliphatic carbocycles. The molecule has 0 radical (unpaired) electrons. The second kappa shape index (κ2) is 5.72. The third-order valence-electron chi connectivity index (χ3n) is 1.97. The van der Waals surface area contributed by atoms with E-state index in [4.69, 9.17) is 34.8 Å². The largest absolute Gasteiger partial charge is 0.257 e. The number of allylic oxidation sites excluding steroid dienone is 2. The van der Waals surface area contributed by atoms with Gasteiger partial charge in [0.1, 0.15) is 0 Å². The van der Waals surface area contributed by atoms with Crippen LogP contribution in [0.15, 0.2) is 37.4 Å². The number of pyridine rings is 1. The summed E-state index contributed by atoms with van der Waals surface area (Å²) in [6.45, 7) is 7.33. The fraction of sp³-hybridized carbons (Fsp3) is 0.250. The van der Waals surface area contributed by atoms with Crippen molar-refractivity contribution in [1.29, 1.82) is 0 Å². The maximum absolute atomic E-state index is 5.85. The van der Waals surface area contributed by atoms with Crippen LogP contribution >= 0.6 is 34.8 Å². The molecule has 16 heavy (non-hydrogen) atoms. The Bertz CT molecular complexity index is 365. The second-order valence-corrected chi connectivity index (χ2v) is 5.60. The Morgan fingerprint density at radius 2 is 1.50 bits per heavy atom. The van der Waals surface area contributed by atoms with Gasteiger partial charge in [0, 0.05) is 29.8 Å². The molecule has 0 aliphatic rings. The maximum Gasteiger partial charge on any atom is 0.216 e. The number of nitrogens with zero attached hydrogens (tertiary/aromatic N) is 1. The summed E-state index contributed by atoms with van der Waals surface area (Å²) < 4.78 is -1.42. The molecule has 0 atom stereocenters. The van der Waals surface area contributed by atoms with Gasteiger partial charge in [0.05, 0.1) is 0 Å². The lowest BCUT2D eigenvalue weighted by Crippen LogP contribution is -2.05. The molecule has 0 bridgehead atoms. The Hall–Kier alpha value is -0.500. The van der Waals surface area contributed by atoms with E-state index in [9.17, 15) is 0 Å². The summed E-state index contributed by atoms with van der Waals surface area (Å²) in [6, 6.07) is 3.56. The lowest BCUT2D eigenvalue weighted by molar-refractivity contribution is 0.999. The van der Waals surface area contributed by atoms with Gasteiger partial charge >= 0.3 is 0 Å². The zero-order chi connectivity index (χ0) is 12.2. The van der Waals surface area contributed by atoms with E-state index in [0.29, 0.717) is 18.4 Å². The Labute approximate surface area is 111 Å². The minimum absolute atomic E-state index is 0.626. The van der Waals surface area contributed by atoms with Gasteiger partial charge in [0.2, 0.25) is 3.79 Å². The minimum atomic E-state index is -1.42. The van der Waals surface area contributed by atoms with Crippen molar-refractivity contribution in [3.05, 3.63) is 54.4 Å². The maximum atomic E-state index is 5.85. The lowest BCUT2D eigenvalue weighted by atomic mass is 10.1. The van der Waals surface area contributed by atoms with E-state index in [1.165, 1.54) is 0 Å². The van der Waals surface area contributed by atoms with E-state index in [0.717, 1.165) is 11.4 Å². The van der Waals surface area contributed by atoms with Crippen LogP contribution in [0.2, 0.25) is 0 Å². The van der Waals surface area contributed by atoms with Crippen LogP contribution in [0.1, 0.15) is 17.0 Å². The highest BCUT2D eigenvalue weighted by atomic mass is 35.6. The minimum Gasteiger partial charge on any atom is -0.257 e. The zero-order valence-electron chi connectivity index (χ0n) is 8.72. The average Bonchev–Trinajstić information content (AvgIpc) is 2.17. The van der Waals surface area contributed by atoms with Gasteiger partial charge in [0.15, 0.2) is 0 Å². The molecule has 1 heterocycles. The summed E-state index contributed by atoms with van der Waals surface area (Å²) in [5.41, 5.74) is 2.31. The summed E-state index contributed by atoms with van der Waals surface area (Å²) in [5, 5.41) is 0. The normalized spacial score (nSPS) is 11.2. The van der Waals surface area contributed by atoms with Crippen molar-refractivity contribution in [2.45, 2.75) is 16.6 Å². The van der Waals surface area contributed by atoms with Crippen molar-refractivity contribution < 1.29 is 0 Å². The predicted octanol–water partition coefficient (Wildman–Crippen LogP) is 4.37. The summed E-state index contributed by atoms with van der Waals surface area (Å²) in [6.07, 6.45) is 4.84. The van der Waals surface area contributed by atoms with E-state index in [-0.39, 0.29) is 0 Å². The summed E-state index contributed by atoms with van der Waals surface area (Å²) >= 11 is 17.6. The number of aromatic nitrogens is 1. The summed E-state index contributed by atoms with van der Waals surface area (Å²) in [4.78, 5) is 4.41. The Morgan fingerprint density at radius 1 is 1.06 bits per heavy atom. The van der Waals surface area contributed by atoms with E-state index in [1.807, 2.05) is 0 Å². The molecule has 0 amide bonds. The fourth-order valence-corrected chi connectivity index (χ4v) is 1.65. The highest BCUT2D eigenvalue weighted by Gasteiger charge is 2.23. The van der Waals surface area contributed by atoms with Gasteiger partial charge in [-0.05, 0) is 12.1 Å². The number of rotatable bonds is 4. The van der Waals surface area contributed by atoms with E-state index in [1.54, 1.807) is 24.3 Å². The number of hydrogen-bond donors (Lipinski definition) is 0. The average molecular weight is 277 g/mol. The topological polar surface area (TPSA) is 12.9 Å². The Balaban J connectivity index is 3.17. The highest BCUT2D eigenvalue weighted by Crippen LogP contribution is 2.38.